The summed E-state index contributed by atoms with van der Waals surface area (Å²) in [5, 5.41) is 0. The summed E-state index contributed by atoms with van der Waals surface area (Å²) in [7, 11) is 4.22. The second kappa shape index (κ2) is 2.74. The fourth-order valence-corrected chi connectivity index (χ4v) is 0. The van der Waals surface area contributed by atoms with E-state index in [1.807, 2.05) is 0 Å². The molecule has 0 heterocycles. The SMILES string of the molecule is C[AsH]N(C)C. The van der Waals surface area contributed by atoms with Crippen LogP contribution in [-0.2, 0) is 0 Å². The first kappa shape index (κ1) is 5.52. The van der Waals surface area contributed by atoms with Gasteiger partial charge in [-0.25, -0.2) is 0 Å². The Morgan fingerprint density at radius 2 is 1.60 bits per heavy atom. The molecule has 0 fully saturated rings. The Balaban J connectivity index is 2.54. The molecule has 0 radical (unpaired) electrons. The molecule has 0 aliphatic rings. The average Bonchev–Trinajstić information content (AvgIpc) is 1.38. The van der Waals surface area contributed by atoms with E-state index in [1.165, 1.54) is 0 Å². The molecule has 5 heavy (non-hydrogen) atoms. The van der Waals surface area contributed by atoms with Crippen LogP contribution in [0.15, 0.2) is 0 Å². The molecular formula is C3H10AsN. The maximum atomic E-state index is 2.25. The van der Waals surface area contributed by atoms with Crippen LogP contribution in [0.4, 0.5) is 0 Å². The topological polar surface area (TPSA) is 3.24 Å². The first-order valence-corrected chi connectivity index (χ1v) is 4.65. The zero-order valence-electron chi connectivity index (χ0n) is 3.95. The van der Waals surface area contributed by atoms with E-state index >= 15 is 0 Å². The van der Waals surface area contributed by atoms with Crippen LogP contribution >= 0.6 is 0 Å². The molecule has 2 heteroatoms. The van der Waals surface area contributed by atoms with Crippen LogP contribution in [0.3, 0.4) is 0 Å². The predicted octanol–water partition coefficient (Wildman–Crippen LogP) is -0.0524. The number of hydrogen-bond acceptors (Lipinski definition) is 1. The van der Waals surface area contributed by atoms with E-state index < -0.39 is 0 Å². The fraction of sp³-hybridized carbons (Fsp3) is 1.00. The summed E-state index contributed by atoms with van der Waals surface area (Å²) in [5.74, 6) is 0. The van der Waals surface area contributed by atoms with Crippen molar-refractivity contribution in [2.45, 2.75) is 5.71 Å². The van der Waals surface area contributed by atoms with E-state index in [4.69, 9.17) is 0 Å². The molecule has 0 saturated heterocycles. The van der Waals surface area contributed by atoms with Crippen molar-refractivity contribution >= 4 is 16.0 Å². The van der Waals surface area contributed by atoms with Gasteiger partial charge in [0.25, 0.3) is 0 Å². The van der Waals surface area contributed by atoms with Crippen molar-refractivity contribution in [3.05, 3.63) is 0 Å². The van der Waals surface area contributed by atoms with Gasteiger partial charge in [-0.05, 0) is 0 Å². The summed E-state index contributed by atoms with van der Waals surface area (Å²) < 4.78 is 2.25. The standard InChI is InChI=1S/C3H10AsN/c1-4-5(2)3/h4H,1-3H3. The van der Waals surface area contributed by atoms with Crippen LogP contribution in [0.5, 0.6) is 0 Å². The van der Waals surface area contributed by atoms with Crippen LogP contribution < -0.4 is 0 Å². The molecule has 0 saturated carbocycles. The molecule has 0 N–H and O–H groups in total. The third-order valence-corrected chi connectivity index (χ3v) is 2.32. The molecule has 1 atom stereocenters. The minimum atomic E-state index is 0.278. The molecule has 0 amide bonds. The molecule has 0 aliphatic carbocycles. The Hall–Kier alpha value is 0.518. The predicted molar refractivity (Wildman–Crippen MR) is 26.7 cm³/mol. The molecular weight excluding hydrogens is 125 g/mol. The number of nitrogens with zero attached hydrogens (tertiary/aromatic N) is 1. The van der Waals surface area contributed by atoms with E-state index in [0.717, 1.165) is 0 Å². The summed E-state index contributed by atoms with van der Waals surface area (Å²) in [6, 6.07) is 0. The Morgan fingerprint density at radius 3 is 1.60 bits per heavy atom. The van der Waals surface area contributed by atoms with E-state index in [-0.39, 0.29) is 16.0 Å². The quantitative estimate of drug-likeness (QED) is 0.455. The first-order chi connectivity index (χ1) is 2.27. The number of hydrogen-bond donors (Lipinski definition) is 0. The molecule has 0 aromatic rings. The van der Waals surface area contributed by atoms with E-state index in [0.29, 0.717) is 0 Å². The van der Waals surface area contributed by atoms with Crippen molar-refractivity contribution < 1.29 is 0 Å². The Bertz CT molecular complexity index is 20.9. The van der Waals surface area contributed by atoms with Gasteiger partial charge in [-0.15, -0.1) is 0 Å². The van der Waals surface area contributed by atoms with Gasteiger partial charge < -0.3 is 0 Å². The second-order valence-electron chi connectivity index (χ2n) is 1.12. The maximum absolute atomic E-state index is 2.25. The van der Waals surface area contributed by atoms with Gasteiger partial charge in [0, 0.05) is 0 Å². The van der Waals surface area contributed by atoms with E-state index in [9.17, 15) is 0 Å². The summed E-state index contributed by atoms with van der Waals surface area (Å²) >= 11 is 0.278. The molecule has 1 unspecified atom stereocenters. The van der Waals surface area contributed by atoms with Gasteiger partial charge >= 0.3 is 39.6 Å². The molecule has 0 spiro atoms. The van der Waals surface area contributed by atoms with Gasteiger partial charge in [0.2, 0.25) is 0 Å². The third-order valence-electron chi connectivity index (χ3n) is 0.447. The first-order valence-electron chi connectivity index (χ1n) is 1.62. The van der Waals surface area contributed by atoms with Gasteiger partial charge in [0.15, 0.2) is 0 Å². The van der Waals surface area contributed by atoms with Crippen molar-refractivity contribution in [2.24, 2.45) is 0 Å². The van der Waals surface area contributed by atoms with Gasteiger partial charge in [-0.3, -0.25) is 0 Å². The van der Waals surface area contributed by atoms with Crippen molar-refractivity contribution in [1.82, 2.24) is 3.82 Å². The van der Waals surface area contributed by atoms with Gasteiger partial charge in [-0.1, -0.05) is 0 Å². The van der Waals surface area contributed by atoms with Crippen molar-refractivity contribution in [2.75, 3.05) is 14.1 Å². The van der Waals surface area contributed by atoms with Crippen LogP contribution in [0, 0.1) is 0 Å². The molecule has 0 rings (SSSR count). The molecule has 0 aromatic heterocycles. The Kier molecular flexibility index (Phi) is 3.02. The summed E-state index contributed by atoms with van der Waals surface area (Å²) in [6.07, 6.45) is 0. The molecule has 0 aliphatic heterocycles. The summed E-state index contributed by atoms with van der Waals surface area (Å²) in [4.78, 5) is 0. The minimum absolute atomic E-state index is 0.278. The molecule has 32 valence electrons. The van der Waals surface area contributed by atoms with Gasteiger partial charge in [-0.2, -0.15) is 0 Å². The van der Waals surface area contributed by atoms with Crippen molar-refractivity contribution in [1.29, 1.82) is 0 Å². The van der Waals surface area contributed by atoms with Crippen LogP contribution in [0.1, 0.15) is 0 Å². The van der Waals surface area contributed by atoms with E-state index in [1.54, 1.807) is 0 Å². The third kappa shape index (κ3) is 4.52. The average molecular weight is 135 g/mol. The second-order valence-corrected chi connectivity index (χ2v) is 3.93. The fourth-order valence-electron chi connectivity index (χ4n) is 0. The van der Waals surface area contributed by atoms with Crippen LogP contribution in [0.25, 0.3) is 0 Å². The molecule has 1 nitrogen and oxygen atoms in total. The van der Waals surface area contributed by atoms with Crippen LogP contribution in [-0.4, -0.2) is 33.9 Å². The molecule has 0 aromatic carbocycles. The Labute approximate surface area is 40.3 Å². The zero-order chi connectivity index (χ0) is 4.28. The van der Waals surface area contributed by atoms with Gasteiger partial charge in [0.05, 0.1) is 0 Å². The van der Waals surface area contributed by atoms with Crippen molar-refractivity contribution in [3.63, 3.8) is 0 Å². The zero-order valence-corrected chi connectivity index (χ0v) is 6.05. The monoisotopic (exact) mass is 135 g/mol. The Morgan fingerprint density at radius 1 is 1.40 bits per heavy atom. The van der Waals surface area contributed by atoms with Crippen molar-refractivity contribution in [3.8, 4) is 0 Å². The van der Waals surface area contributed by atoms with Gasteiger partial charge in [0.1, 0.15) is 0 Å². The van der Waals surface area contributed by atoms with E-state index in [2.05, 4.69) is 23.6 Å². The normalized spacial score (nSPS) is 12.0. The summed E-state index contributed by atoms with van der Waals surface area (Å²) in [5.41, 5.74) is 2.25. The summed E-state index contributed by atoms with van der Waals surface area (Å²) in [6.45, 7) is 0. The molecule has 0 bridgehead atoms. The number of rotatable bonds is 1. The van der Waals surface area contributed by atoms with Crippen LogP contribution in [0.2, 0.25) is 5.71 Å².